The number of rotatable bonds is 9. The molecule has 0 saturated carbocycles. The van der Waals surface area contributed by atoms with E-state index in [2.05, 4.69) is 58.1 Å². The number of hydrazine groups is 1. The number of carbonyl (C=O) groups excluding carboxylic acids is 2. The van der Waals surface area contributed by atoms with Crippen LogP contribution in [0.1, 0.15) is 48.8 Å². The van der Waals surface area contributed by atoms with Crippen LogP contribution < -0.4 is 37.1 Å². The molecule has 0 atom stereocenters. The van der Waals surface area contributed by atoms with Gasteiger partial charge in [-0.15, -0.1) is 0 Å². The van der Waals surface area contributed by atoms with Crippen molar-refractivity contribution in [3.05, 3.63) is 59.2 Å². The second-order valence-corrected chi connectivity index (χ2v) is 10.3. The summed E-state index contributed by atoms with van der Waals surface area (Å²) in [6.45, 7) is 11.3. The van der Waals surface area contributed by atoms with Gasteiger partial charge >= 0.3 is 0 Å². The number of hydrogen-bond donors (Lipinski definition) is 5. The Kier molecular flexibility index (Phi) is 9.65. The van der Waals surface area contributed by atoms with Gasteiger partial charge in [-0.3, -0.25) is 15.4 Å². The quantitative estimate of drug-likeness (QED) is 0.190. The number of aryl methyl sites for hydroxylation is 1. The molecule has 3 rings (SSSR count). The third kappa shape index (κ3) is 8.19. The van der Waals surface area contributed by atoms with Gasteiger partial charge in [-0.05, 0) is 36.1 Å². The zero-order chi connectivity index (χ0) is 27.7. The van der Waals surface area contributed by atoms with Crippen LogP contribution >= 0.6 is 0 Å². The van der Waals surface area contributed by atoms with Crippen LogP contribution in [0.5, 0.6) is 0 Å². The summed E-state index contributed by atoms with van der Waals surface area (Å²) in [5.74, 6) is 4.87. The number of ether oxygens (including phenoxy) is 1. The first kappa shape index (κ1) is 28.4. The molecule has 2 aromatic rings. The first-order chi connectivity index (χ1) is 18.1. The lowest BCUT2D eigenvalue weighted by atomic mass is 9.92. The number of anilines is 3. The second kappa shape index (κ2) is 12.9. The molecule has 0 bridgehead atoms. The van der Waals surface area contributed by atoms with Gasteiger partial charge in [0.25, 0.3) is 11.8 Å². The number of benzene rings is 1. The number of H-pyrrole nitrogens is 1. The highest BCUT2D eigenvalue weighted by molar-refractivity contribution is 6.04. The fourth-order valence-corrected chi connectivity index (χ4v) is 3.77. The number of aromatic amines is 1. The fraction of sp³-hybridized carbons (Fsp3) is 0.407. The highest BCUT2D eigenvalue weighted by Gasteiger charge is 2.17. The van der Waals surface area contributed by atoms with E-state index < -0.39 is 0 Å². The summed E-state index contributed by atoms with van der Waals surface area (Å²) in [5, 5.41) is 18.2. The molecule has 1 aromatic heterocycles. The van der Waals surface area contributed by atoms with Crippen molar-refractivity contribution >= 4 is 28.9 Å². The lowest BCUT2D eigenvalue weighted by Gasteiger charge is -2.29. The van der Waals surface area contributed by atoms with Gasteiger partial charge in [-0.25, -0.2) is 4.98 Å². The molecule has 0 aliphatic carbocycles. The molecule has 202 valence electrons. The van der Waals surface area contributed by atoms with E-state index in [4.69, 9.17) is 10.6 Å². The van der Waals surface area contributed by atoms with Crippen molar-refractivity contribution in [1.82, 2.24) is 10.7 Å². The Morgan fingerprint density at radius 3 is 2.61 bits per heavy atom. The monoisotopic (exact) mass is 521 g/mol. The number of nitrogens with zero attached hydrogens (tertiary/aromatic N) is 2. The number of nitriles is 1. The average molecular weight is 522 g/mol. The van der Waals surface area contributed by atoms with Crippen molar-refractivity contribution in [3.8, 4) is 6.07 Å². The summed E-state index contributed by atoms with van der Waals surface area (Å²) in [7, 11) is 0. The predicted octanol–water partition coefficient (Wildman–Crippen LogP) is 2.04. The lowest BCUT2D eigenvalue weighted by Crippen LogP contribution is -2.36. The van der Waals surface area contributed by atoms with Gasteiger partial charge in [0.15, 0.2) is 11.9 Å². The fourth-order valence-electron chi connectivity index (χ4n) is 3.77. The van der Waals surface area contributed by atoms with Crippen molar-refractivity contribution < 1.29 is 19.3 Å². The third-order valence-corrected chi connectivity index (χ3v) is 6.02. The maximum absolute atomic E-state index is 13.1. The molecule has 1 fully saturated rings. The molecule has 1 saturated heterocycles. The summed E-state index contributed by atoms with van der Waals surface area (Å²) in [6.07, 6.45) is 3.87. The number of nitrogens with one attached hydrogen (secondary N) is 5. The number of pyridine rings is 1. The Morgan fingerprint density at radius 2 is 1.95 bits per heavy atom. The molecular weight excluding hydrogens is 484 g/mol. The number of hydrogen-bond acceptors (Lipinski definition) is 8. The summed E-state index contributed by atoms with van der Waals surface area (Å²) < 4.78 is 5.41. The van der Waals surface area contributed by atoms with Gasteiger partial charge < -0.3 is 31.0 Å². The Hall–Kier alpha value is -4.14. The summed E-state index contributed by atoms with van der Waals surface area (Å²) in [6, 6.07) is 9.11. The van der Waals surface area contributed by atoms with Crippen LogP contribution in [0.4, 0.5) is 17.1 Å². The summed E-state index contributed by atoms with van der Waals surface area (Å²) in [5.41, 5.74) is 6.19. The van der Waals surface area contributed by atoms with Crippen molar-refractivity contribution in [2.24, 2.45) is 11.3 Å². The van der Waals surface area contributed by atoms with E-state index in [1.165, 1.54) is 6.20 Å². The molecule has 1 aliphatic rings. The molecule has 1 aliphatic heterocycles. The van der Waals surface area contributed by atoms with Gasteiger partial charge in [0, 0.05) is 44.1 Å². The molecule has 38 heavy (non-hydrogen) atoms. The summed E-state index contributed by atoms with van der Waals surface area (Å²) in [4.78, 5) is 30.7. The SMILES string of the molecule is Cc1[nH+]cc(C(=O)Nc2cc(C#N)cc(N3CCOCC3)c2)cc1N/C=C(\NN)C(=O)NCCC(C)(C)C. The van der Waals surface area contributed by atoms with E-state index in [-0.39, 0.29) is 22.9 Å². The summed E-state index contributed by atoms with van der Waals surface area (Å²) >= 11 is 0. The minimum Gasteiger partial charge on any atom is -0.378 e. The van der Waals surface area contributed by atoms with Crippen LogP contribution in [0.15, 0.2) is 42.4 Å². The van der Waals surface area contributed by atoms with Gasteiger partial charge in [0.05, 0.1) is 24.8 Å². The standard InChI is InChI=1S/C27H36N8O3/c1-18-23(32-17-24(34-29)26(37)30-6-5-27(2,3)4)13-20(16-31-18)25(36)33-21-11-19(15-28)12-22(14-21)35-7-9-38-10-8-35/h11-14,16-17,32,34H,5-10,29H2,1-4H3,(H,30,37)(H,33,36)/p+1/b24-17-. The molecule has 1 aromatic carbocycles. The highest BCUT2D eigenvalue weighted by atomic mass is 16.5. The molecule has 0 spiro atoms. The second-order valence-electron chi connectivity index (χ2n) is 10.3. The zero-order valence-corrected chi connectivity index (χ0v) is 22.4. The largest absolute Gasteiger partial charge is 0.378 e. The Morgan fingerprint density at radius 1 is 1.21 bits per heavy atom. The Balaban J connectivity index is 1.72. The van der Waals surface area contributed by atoms with E-state index in [1.54, 1.807) is 24.4 Å². The maximum Gasteiger partial charge on any atom is 0.270 e. The molecule has 0 radical (unpaired) electrons. The van der Waals surface area contributed by atoms with Crippen molar-refractivity contribution in [2.45, 2.75) is 34.1 Å². The van der Waals surface area contributed by atoms with Crippen LogP contribution in [0, 0.1) is 23.7 Å². The maximum atomic E-state index is 13.1. The molecule has 2 heterocycles. The van der Waals surface area contributed by atoms with Crippen LogP contribution in [-0.4, -0.2) is 44.7 Å². The van der Waals surface area contributed by atoms with E-state index in [0.29, 0.717) is 55.3 Å². The van der Waals surface area contributed by atoms with Crippen LogP contribution in [0.3, 0.4) is 0 Å². The van der Waals surface area contributed by atoms with Crippen LogP contribution in [0.25, 0.3) is 0 Å². The van der Waals surface area contributed by atoms with Crippen molar-refractivity contribution in [1.29, 1.82) is 5.26 Å². The van der Waals surface area contributed by atoms with E-state index in [9.17, 15) is 14.9 Å². The number of morpholine rings is 1. The van der Waals surface area contributed by atoms with Gasteiger partial charge in [-0.2, -0.15) is 5.26 Å². The van der Waals surface area contributed by atoms with Gasteiger partial charge in [0.2, 0.25) is 0 Å². The lowest BCUT2D eigenvalue weighted by molar-refractivity contribution is -0.386. The first-order valence-corrected chi connectivity index (χ1v) is 12.5. The molecule has 7 N–H and O–H groups in total. The number of aromatic nitrogens is 1. The molecule has 11 nitrogen and oxygen atoms in total. The number of nitrogens with two attached hydrogens (primary N) is 1. The molecule has 11 heteroatoms. The normalized spacial score (nSPS) is 13.9. The smallest absolute Gasteiger partial charge is 0.270 e. The molecule has 2 amide bonds. The third-order valence-electron chi connectivity index (χ3n) is 6.02. The van der Waals surface area contributed by atoms with Crippen LogP contribution in [-0.2, 0) is 9.53 Å². The molecule has 0 unspecified atom stereocenters. The van der Waals surface area contributed by atoms with Crippen molar-refractivity contribution in [2.75, 3.05) is 48.4 Å². The molecular formula is C27H37N8O3+. The van der Waals surface area contributed by atoms with Crippen molar-refractivity contribution in [3.63, 3.8) is 0 Å². The first-order valence-electron chi connectivity index (χ1n) is 12.5. The number of amides is 2. The zero-order valence-electron chi connectivity index (χ0n) is 22.4. The Labute approximate surface area is 223 Å². The van der Waals surface area contributed by atoms with E-state index >= 15 is 0 Å². The number of carbonyl (C=O) groups is 2. The minimum absolute atomic E-state index is 0.0967. The predicted molar refractivity (Wildman–Crippen MR) is 146 cm³/mol. The van der Waals surface area contributed by atoms with Gasteiger partial charge in [-0.1, -0.05) is 20.8 Å². The highest BCUT2D eigenvalue weighted by Crippen LogP contribution is 2.24. The van der Waals surface area contributed by atoms with E-state index in [0.717, 1.165) is 17.8 Å². The van der Waals surface area contributed by atoms with E-state index in [1.807, 2.05) is 13.0 Å². The van der Waals surface area contributed by atoms with Crippen LogP contribution in [0.2, 0.25) is 0 Å². The topological polar surface area (TPSA) is 159 Å². The Bertz CT molecular complexity index is 1220. The minimum atomic E-state index is -0.353. The average Bonchev–Trinajstić information content (AvgIpc) is 2.89. The van der Waals surface area contributed by atoms with Gasteiger partial charge in [0.1, 0.15) is 16.9 Å².